The molecule has 0 aliphatic heterocycles. The first-order valence-corrected chi connectivity index (χ1v) is 5.04. The zero-order valence-electron chi connectivity index (χ0n) is 9.36. The van der Waals surface area contributed by atoms with Gasteiger partial charge in [0.2, 0.25) is 0 Å². The molecule has 88 valence electrons. The monoisotopic (exact) mass is 233 g/mol. The molecule has 0 bridgehead atoms. The van der Waals surface area contributed by atoms with Crippen LogP contribution in [0.25, 0.3) is 0 Å². The van der Waals surface area contributed by atoms with Crippen molar-refractivity contribution in [2.75, 3.05) is 13.2 Å². The Balaban J connectivity index is 0.00000196. The number of unbranched alkanes of at least 4 members (excludes halogenated alkanes) is 1. The van der Waals surface area contributed by atoms with Gasteiger partial charge in [-0.3, -0.25) is 4.68 Å². The summed E-state index contributed by atoms with van der Waals surface area (Å²) in [5.41, 5.74) is 2.45. The highest BCUT2D eigenvalue weighted by atomic mass is 35.5. The molecule has 1 heterocycles. The van der Waals surface area contributed by atoms with E-state index < -0.39 is 0 Å². The van der Waals surface area contributed by atoms with E-state index in [4.69, 9.17) is 5.11 Å². The van der Waals surface area contributed by atoms with Gasteiger partial charge in [-0.1, -0.05) is 0 Å². The molecule has 1 rings (SSSR count). The third-order valence-corrected chi connectivity index (χ3v) is 2.32. The molecule has 2 N–H and O–H groups in total. The predicted molar refractivity (Wildman–Crippen MR) is 63.2 cm³/mol. The number of aryl methyl sites for hydroxylation is 2. The van der Waals surface area contributed by atoms with Crippen LogP contribution >= 0.6 is 12.4 Å². The summed E-state index contributed by atoms with van der Waals surface area (Å²) >= 11 is 0. The lowest BCUT2D eigenvalue weighted by Crippen LogP contribution is -2.17. The molecule has 0 aliphatic carbocycles. The molecule has 0 saturated heterocycles. The van der Waals surface area contributed by atoms with Crippen LogP contribution in [-0.2, 0) is 13.6 Å². The molecule has 0 unspecified atom stereocenters. The molecule has 5 heteroatoms. The lowest BCUT2D eigenvalue weighted by atomic mass is 10.2. The van der Waals surface area contributed by atoms with E-state index in [-0.39, 0.29) is 19.0 Å². The van der Waals surface area contributed by atoms with E-state index in [1.165, 1.54) is 11.3 Å². The van der Waals surface area contributed by atoms with E-state index in [1.54, 1.807) is 0 Å². The summed E-state index contributed by atoms with van der Waals surface area (Å²) in [6, 6.07) is 0. The molecular formula is C10H20ClN3O. The summed E-state index contributed by atoms with van der Waals surface area (Å²) in [5.74, 6) is 0. The topological polar surface area (TPSA) is 50.1 Å². The van der Waals surface area contributed by atoms with Crippen LogP contribution in [-0.4, -0.2) is 28.0 Å². The fourth-order valence-corrected chi connectivity index (χ4v) is 1.40. The van der Waals surface area contributed by atoms with E-state index in [0.29, 0.717) is 0 Å². The number of aromatic nitrogens is 2. The second kappa shape index (κ2) is 7.68. The molecule has 0 aliphatic rings. The van der Waals surface area contributed by atoms with Crippen LogP contribution < -0.4 is 5.32 Å². The van der Waals surface area contributed by atoms with Gasteiger partial charge in [0.1, 0.15) is 0 Å². The summed E-state index contributed by atoms with van der Waals surface area (Å²) in [5, 5.41) is 16.1. The number of hydrogen-bond donors (Lipinski definition) is 2. The number of nitrogens with zero attached hydrogens (tertiary/aromatic N) is 2. The molecule has 4 nitrogen and oxygen atoms in total. The van der Waals surface area contributed by atoms with Crippen LogP contribution in [0.2, 0.25) is 0 Å². The molecule has 0 amide bonds. The van der Waals surface area contributed by atoms with Crippen molar-refractivity contribution in [3.05, 3.63) is 17.5 Å². The Bertz CT molecular complexity index is 256. The molecular weight excluding hydrogens is 214 g/mol. The fourth-order valence-electron chi connectivity index (χ4n) is 1.40. The van der Waals surface area contributed by atoms with Crippen molar-refractivity contribution in [1.29, 1.82) is 0 Å². The van der Waals surface area contributed by atoms with Gasteiger partial charge < -0.3 is 10.4 Å². The maximum Gasteiger partial charge on any atom is 0.0547 e. The van der Waals surface area contributed by atoms with Gasteiger partial charge >= 0.3 is 0 Å². The minimum Gasteiger partial charge on any atom is -0.396 e. The Morgan fingerprint density at radius 2 is 2.20 bits per heavy atom. The highest BCUT2D eigenvalue weighted by Gasteiger charge is 2.02. The SMILES string of the molecule is Cc1cnn(C)c1CNCCCCO.Cl. The van der Waals surface area contributed by atoms with Crippen molar-refractivity contribution < 1.29 is 5.11 Å². The van der Waals surface area contributed by atoms with Gasteiger partial charge in [-0.2, -0.15) is 5.10 Å². The Morgan fingerprint density at radius 3 is 2.73 bits per heavy atom. The van der Waals surface area contributed by atoms with E-state index >= 15 is 0 Å². The van der Waals surface area contributed by atoms with Gasteiger partial charge in [0.25, 0.3) is 0 Å². The first kappa shape index (κ1) is 14.4. The molecule has 0 spiro atoms. The second-order valence-electron chi connectivity index (χ2n) is 3.51. The highest BCUT2D eigenvalue weighted by Crippen LogP contribution is 2.04. The van der Waals surface area contributed by atoms with Crippen molar-refractivity contribution in [2.45, 2.75) is 26.3 Å². The van der Waals surface area contributed by atoms with E-state index in [9.17, 15) is 0 Å². The van der Waals surface area contributed by atoms with Gasteiger partial charge in [-0.15, -0.1) is 12.4 Å². The van der Waals surface area contributed by atoms with Crippen LogP contribution in [0, 0.1) is 6.92 Å². The van der Waals surface area contributed by atoms with Crippen molar-refractivity contribution in [3.63, 3.8) is 0 Å². The van der Waals surface area contributed by atoms with Crippen molar-refractivity contribution in [3.8, 4) is 0 Å². The Labute approximate surface area is 97.1 Å². The first-order chi connectivity index (χ1) is 6.75. The number of halogens is 1. The number of aliphatic hydroxyl groups excluding tert-OH is 1. The largest absolute Gasteiger partial charge is 0.396 e. The van der Waals surface area contributed by atoms with Crippen LogP contribution in [0.5, 0.6) is 0 Å². The van der Waals surface area contributed by atoms with Crippen LogP contribution in [0.3, 0.4) is 0 Å². The normalized spacial score (nSPS) is 10.1. The smallest absolute Gasteiger partial charge is 0.0547 e. The lowest BCUT2D eigenvalue weighted by molar-refractivity contribution is 0.283. The molecule has 1 aromatic rings. The third kappa shape index (κ3) is 4.64. The number of rotatable bonds is 6. The maximum absolute atomic E-state index is 8.60. The molecule has 0 atom stereocenters. The highest BCUT2D eigenvalue weighted by molar-refractivity contribution is 5.85. The summed E-state index contributed by atoms with van der Waals surface area (Å²) in [7, 11) is 1.96. The van der Waals surface area contributed by atoms with Crippen molar-refractivity contribution in [1.82, 2.24) is 15.1 Å². The van der Waals surface area contributed by atoms with Gasteiger partial charge in [-0.25, -0.2) is 0 Å². The zero-order chi connectivity index (χ0) is 10.4. The average molecular weight is 234 g/mol. The van der Waals surface area contributed by atoms with E-state index in [1.807, 2.05) is 17.9 Å². The Hall–Kier alpha value is -0.580. The van der Waals surface area contributed by atoms with E-state index in [2.05, 4.69) is 17.3 Å². The number of aliphatic hydroxyl groups is 1. The second-order valence-corrected chi connectivity index (χ2v) is 3.51. The summed E-state index contributed by atoms with van der Waals surface area (Å²) in [6.45, 7) is 4.16. The van der Waals surface area contributed by atoms with Crippen LogP contribution in [0.15, 0.2) is 6.20 Å². The molecule has 15 heavy (non-hydrogen) atoms. The third-order valence-electron chi connectivity index (χ3n) is 2.32. The van der Waals surface area contributed by atoms with Crippen LogP contribution in [0.1, 0.15) is 24.1 Å². The predicted octanol–water partition coefficient (Wildman–Crippen LogP) is 1.01. The average Bonchev–Trinajstić information content (AvgIpc) is 2.48. The van der Waals surface area contributed by atoms with Gasteiger partial charge in [-0.05, 0) is 31.9 Å². The standard InChI is InChI=1S/C10H19N3O.ClH/c1-9-7-12-13(2)10(9)8-11-5-3-4-6-14;/h7,11,14H,3-6,8H2,1-2H3;1H. The number of hydrogen-bond acceptors (Lipinski definition) is 3. The quantitative estimate of drug-likeness (QED) is 0.722. The molecule has 0 saturated carbocycles. The zero-order valence-corrected chi connectivity index (χ0v) is 10.2. The lowest BCUT2D eigenvalue weighted by Gasteiger charge is -2.05. The maximum atomic E-state index is 8.60. The molecule has 0 radical (unpaired) electrons. The summed E-state index contributed by atoms with van der Waals surface area (Å²) in [6.07, 6.45) is 3.77. The van der Waals surface area contributed by atoms with Gasteiger partial charge in [0, 0.05) is 20.2 Å². The number of nitrogens with one attached hydrogen (secondary N) is 1. The fraction of sp³-hybridized carbons (Fsp3) is 0.700. The Morgan fingerprint density at radius 1 is 1.47 bits per heavy atom. The summed E-state index contributed by atoms with van der Waals surface area (Å²) in [4.78, 5) is 0. The summed E-state index contributed by atoms with van der Waals surface area (Å²) < 4.78 is 1.90. The minimum absolute atomic E-state index is 0. The molecule has 1 aromatic heterocycles. The Kier molecular flexibility index (Phi) is 7.38. The van der Waals surface area contributed by atoms with Gasteiger partial charge in [0.15, 0.2) is 0 Å². The molecule has 0 fully saturated rings. The van der Waals surface area contributed by atoms with Crippen molar-refractivity contribution in [2.24, 2.45) is 7.05 Å². The van der Waals surface area contributed by atoms with E-state index in [0.717, 1.165) is 25.9 Å². The minimum atomic E-state index is 0. The van der Waals surface area contributed by atoms with Crippen LogP contribution in [0.4, 0.5) is 0 Å². The van der Waals surface area contributed by atoms with Crippen molar-refractivity contribution >= 4 is 12.4 Å². The molecule has 0 aromatic carbocycles. The first-order valence-electron chi connectivity index (χ1n) is 5.04. The van der Waals surface area contributed by atoms with Gasteiger partial charge in [0.05, 0.1) is 11.9 Å².